The van der Waals surface area contributed by atoms with Crippen molar-refractivity contribution in [3.63, 3.8) is 0 Å². The Morgan fingerprint density at radius 1 is 1.15 bits per heavy atom. The van der Waals surface area contributed by atoms with Gasteiger partial charge in [0.25, 0.3) is 11.5 Å². The Bertz CT molecular complexity index is 1020. The van der Waals surface area contributed by atoms with E-state index in [1.54, 1.807) is 36.7 Å². The van der Waals surface area contributed by atoms with Gasteiger partial charge in [0.2, 0.25) is 0 Å². The minimum atomic E-state index is -0.170. The Hall–Kier alpha value is -3.15. The number of amides is 1. The van der Waals surface area contributed by atoms with Crippen LogP contribution in [-0.4, -0.2) is 29.6 Å². The van der Waals surface area contributed by atoms with Gasteiger partial charge in [0.1, 0.15) is 5.69 Å². The van der Waals surface area contributed by atoms with Crippen molar-refractivity contribution in [3.05, 3.63) is 69.6 Å². The second kappa shape index (κ2) is 7.00. The van der Waals surface area contributed by atoms with E-state index in [1.165, 1.54) is 0 Å². The Morgan fingerprint density at radius 2 is 1.85 bits per heavy atom. The third-order valence-corrected chi connectivity index (χ3v) is 4.41. The Morgan fingerprint density at radius 3 is 2.50 bits per heavy atom. The van der Waals surface area contributed by atoms with Gasteiger partial charge in [-0.05, 0) is 42.8 Å². The first-order valence-corrected chi connectivity index (χ1v) is 8.38. The van der Waals surface area contributed by atoms with Gasteiger partial charge >= 0.3 is 0 Å². The highest BCUT2D eigenvalue weighted by Gasteiger charge is 2.10. The van der Waals surface area contributed by atoms with Crippen LogP contribution < -0.4 is 15.8 Å². The van der Waals surface area contributed by atoms with E-state index in [9.17, 15) is 9.59 Å². The smallest absolute Gasteiger partial charge is 0.272 e. The van der Waals surface area contributed by atoms with Crippen LogP contribution in [0.1, 0.15) is 21.6 Å². The molecular formula is C20H22N4O2. The van der Waals surface area contributed by atoms with Gasteiger partial charge in [-0.2, -0.15) is 0 Å². The molecule has 0 atom stereocenters. The molecule has 0 bridgehead atoms. The molecular weight excluding hydrogens is 328 g/mol. The van der Waals surface area contributed by atoms with E-state index in [0.717, 1.165) is 11.3 Å². The van der Waals surface area contributed by atoms with E-state index in [0.29, 0.717) is 28.8 Å². The maximum Gasteiger partial charge on any atom is 0.272 e. The van der Waals surface area contributed by atoms with Crippen LogP contribution in [0.2, 0.25) is 0 Å². The first kappa shape index (κ1) is 17.7. The zero-order chi connectivity index (χ0) is 18.8. The van der Waals surface area contributed by atoms with Gasteiger partial charge < -0.3 is 14.8 Å². The number of carbonyl (C=O) groups excluding carboxylic acids is 1. The number of benzene rings is 2. The summed E-state index contributed by atoms with van der Waals surface area (Å²) in [6.07, 6.45) is 0. The van der Waals surface area contributed by atoms with Crippen LogP contribution >= 0.6 is 0 Å². The molecule has 0 aliphatic carbocycles. The molecule has 0 saturated carbocycles. The zero-order valence-electron chi connectivity index (χ0n) is 15.4. The standard InChI is InChI=1S/C20H22N4O2/c1-13-20(26)24(4)18-10-7-15(11-17(18)22-13)19(25)21-12-14-5-8-16(9-6-14)23(2)3/h5-11H,12H2,1-4H3,(H,21,25). The number of nitrogens with one attached hydrogen (secondary N) is 1. The Labute approximate surface area is 152 Å². The first-order valence-electron chi connectivity index (χ1n) is 8.38. The van der Waals surface area contributed by atoms with Gasteiger partial charge in [0, 0.05) is 38.9 Å². The van der Waals surface area contributed by atoms with E-state index in [4.69, 9.17) is 0 Å². The molecule has 0 radical (unpaired) electrons. The molecule has 0 spiro atoms. The van der Waals surface area contributed by atoms with Crippen molar-refractivity contribution in [3.8, 4) is 0 Å². The second-order valence-electron chi connectivity index (χ2n) is 6.51. The van der Waals surface area contributed by atoms with E-state index in [-0.39, 0.29) is 11.5 Å². The van der Waals surface area contributed by atoms with Crippen molar-refractivity contribution in [2.45, 2.75) is 13.5 Å². The molecule has 6 nitrogen and oxygen atoms in total. The molecule has 1 N–H and O–H groups in total. The van der Waals surface area contributed by atoms with Crippen molar-refractivity contribution in [1.29, 1.82) is 0 Å². The predicted octanol–water partition coefficient (Wildman–Crippen LogP) is 2.24. The van der Waals surface area contributed by atoms with E-state index >= 15 is 0 Å². The molecule has 134 valence electrons. The molecule has 0 saturated heterocycles. The molecule has 1 amide bonds. The molecule has 0 unspecified atom stereocenters. The molecule has 0 aliphatic heterocycles. The third kappa shape index (κ3) is 3.44. The van der Waals surface area contributed by atoms with Crippen LogP contribution in [0.25, 0.3) is 11.0 Å². The fourth-order valence-electron chi connectivity index (χ4n) is 2.81. The van der Waals surface area contributed by atoms with Crippen molar-refractivity contribution in [2.24, 2.45) is 7.05 Å². The average Bonchev–Trinajstić information content (AvgIpc) is 2.64. The van der Waals surface area contributed by atoms with Gasteiger partial charge in [-0.15, -0.1) is 0 Å². The highest BCUT2D eigenvalue weighted by Crippen LogP contribution is 2.14. The van der Waals surface area contributed by atoms with E-state index in [2.05, 4.69) is 10.3 Å². The summed E-state index contributed by atoms with van der Waals surface area (Å²) < 4.78 is 1.55. The fourth-order valence-corrected chi connectivity index (χ4v) is 2.81. The number of hydrogen-bond donors (Lipinski definition) is 1. The summed E-state index contributed by atoms with van der Waals surface area (Å²) in [6, 6.07) is 13.2. The number of nitrogens with zero attached hydrogens (tertiary/aromatic N) is 3. The lowest BCUT2D eigenvalue weighted by atomic mass is 10.1. The summed E-state index contributed by atoms with van der Waals surface area (Å²) >= 11 is 0. The van der Waals surface area contributed by atoms with Crippen LogP contribution in [0, 0.1) is 6.92 Å². The monoisotopic (exact) mass is 350 g/mol. The maximum atomic E-state index is 12.5. The molecule has 0 aliphatic rings. The van der Waals surface area contributed by atoms with Crippen LogP contribution in [-0.2, 0) is 13.6 Å². The van der Waals surface area contributed by atoms with Gasteiger partial charge in [0.05, 0.1) is 11.0 Å². The molecule has 2 aromatic carbocycles. The molecule has 6 heteroatoms. The number of hydrogen-bond acceptors (Lipinski definition) is 4. The first-order chi connectivity index (χ1) is 12.4. The van der Waals surface area contributed by atoms with E-state index in [1.807, 2.05) is 43.3 Å². The van der Waals surface area contributed by atoms with Crippen LogP contribution in [0.4, 0.5) is 5.69 Å². The molecule has 0 fully saturated rings. The second-order valence-corrected chi connectivity index (χ2v) is 6.51. The number of aryl methyl sites for hydroxylation is 2. The lowest BCUT2D eigenvalue weighted by Gasteiger charge is -2.13. The van der Waals surface area contributed by atoms with Gasteiger partial charge in [-0.1, -0.05) is 12.1 Å². The van der Waals surface area contributed by atoms with Gasteiger partial charge in [0.15, 0.2) is 0 Å². The van der Waals surface area contributed by atoms with Crippen LogP contribution in [0.3, 0.4) is 0 Å². The number of anilines is 1. The summed E-state index contributed by atoms with van der Waals surface area (Å²) in [7, 11) is 5.68. The highest BCUT2D eigenvalue weighted by molar-refractivity contribution is 5.97. The van der Waals surface area contributed by atoms with Crippen molar-refractivity contribution < 1.29 is 4.79 Å². The SMILES string of the molecule is Cc1nc2cc(C(=O)NCc3ccc(N(C)C)cc3)ccc2n(C)c1=O. The van der Waals surface area contributed by atoms with Crippen molar-refractivity contribution >= 4 is 22.6 Å². The normalized spacial score (nSPS) is 10.8. The average molecular weight is 350 g/mol. The van der Waals surface area contributed by atoms with Crippen LogP contribution in [0.15, 0.2) is 47.3 Å². The lowest BCUT2D eigenvalue weighted by molar-refractivity contribution is 0.0951. The molecule has 3 aromatic rings. The topological polar surface area (TPSA) is 67.2 Å². The van der Waals surface area contributed by atoms with Crippen molar-refractivity contribution in [1.82, 2.24) is 14.9 Å². The number of rotatable bonds is 4. The molecule has 1 heterocycles. The third-order valence-electron chi connectivity index (χ3n) is 4.41. The van der Waals surface area contributed by atoms with Crippen LogP contribution in [0.5, 0.6) is 0 Å². The molecule has 3 rings (SSSR count). The van der Waals surface area contributed by atoms with Gasteiger partial charge in [-0.3, -0.25) is 9.59 Å². The molecule has 1 aromatic heterocycles. The maximum absolute atomic E-state index is 12.5. The summed E-state index contributed by atoms with van der Waals surface area (Å²) in [4.78, 5) is 30.7. The summed E-state index contributed by atoms with van der Waals surface area (Å²) in [5.74, 6) is -0.170. The fraction of sp³-hybridized carbons (Fsp3) is 0.250. The molecule has 26 heavy (non-hydrogen) atoms. The van der Waals surface area contributed by atoms with Gasteiger partial charge in [-0.25, -0.2) is 4.98 Å². The minimum absolute atomic E-state index is 0.129. The minimum Gasteiger partial charge on any atom is -0.378 e. The largest absolute Gasteiger partial charge is 0.378 e. The number of fused-ring (bicyclic) bond motifs is 1. The number of aromatic nitrogens is 2. The summed E-state index contributed by atoms with van der Waals surface area (Å²) in [5.41, 5.74) is 4.29. The Kier molecular flexibility index (Phi) is 4.75. The lowest BCUT2D eigenvalue weighted by Crippen LogP contribution is -2.24. The number of carbonyl (C=O) groups is 1. The Balaban J connectivity index is 1.77. The predicted molar refractivity (Wildman–Crippen MR) is 104 cm³/mol. The van der Waals surface area contributed by atoms with Crippen molar-refractivity contribution in [2.75, 3.05) is 19.0 Å². The zero-order valence-corrected chi connectivity index (χ0v) is 15.4. The van der Waals surface area contributed by atoms with E-state index < -0.39 is 0 Å². The summed E-state index contributed by atoms with van der Waals surface area (Å²) in [5, 5.41) is 2.92. The highest BCUT2D eigenvalue weighted by atomic mass is 16.1. The quantitative estimate of drug-likeness (QED) is 0.784. The summed E-state index contributed by atoms with van der Waals surface area (Å²) in [6.45, 7) is 2.12.